The first-order chi connectivity index (χ1) is 10.1. The summed E-state index contributed by atoms with van der Waals surface area (Å²) in [6.45, 7) is 5.11. The van der Waals surface area contributed by atoms with Gasteiger partial charge in [-0.05, 0) is 37.0 Å². The third kappa shape index (κ3) is 3.43. The predicted octanol–water partition coefficient (Wildman–Crippen LogP) is 4.70. The van der Waals surface area contributed by atoms with Crippen molar-refractivity contribution in [2.75, 3.05) is 0 Å². The Balaban J connectivity index is 2.41. The fourth-order valence-electron chi connectivity index (χ4n) is 3.01. The van der Waals surface area contributed by atoms with Crippen molar-refractivity contribution in [1.82, 2.24) is 4.57 Å². The van der Waals surface area contributed by atoms with Crippen molar-refractivity contribution in [3.8, 4) is 0 Å². The lowest BCUT2D eigenvalue weighted by molar-refractivity contribution is 0.0698. The van der Waals surface area contributed by atoms with Crippen LogP contribution in [0, 0.1) is 11.7 Å². The van der Waals surface area contributed by atoms with Crippen LogP contribution in [0.5, 0.6) is 0 Å². The van der Waals surface area contributed by atoms with E-state index in [0.717, 1.165) is 37.7 Å². The highest BCUT2D eigenvalue weighted by atomic mass is 19.1. The summed E-state index contributed by atoms with van der Waals surface area (Å²) in [5.41, 5.74) is 0.974. The van der Waals surface area contributed by atoms with Crippen molar-refractivity contribution < 1.29 is 14.3 Å². The van der Waals surface area contributed by atoms with E-state index in [1.54, 1.807) is 12.3 Å². The first kappa shape index (κ1) is 15.5. The van der Waals surface area contributed by atoms with Crippen molar-refractivity contribution in [3.05, 3.63) is 35.8 Å². The molecule has 1 N–H and O–H groups in total. The fourth-order valence-corrected chi connectivity index (χ4v) is 3.01. The van der Waals surface area contributed by atoms with Gasteiger partial charge in [-0.1, -0.05) is 26.7 Å². The number of hydrogen-bond acceptors (Lipinski definition) is 1. The first-order valence-corrected chi connectivity index (χ1v) is 7.58. The quantitative estimate of drug-likeness (QED) is 0.803. The molecule has 0 spiro atoms. The average molecular weight is 291 g/mol. The van der Waals surface area contributed by atoms with Gasteiger partial charge in [-0.2, -0.15) is 0 Å². The second-order valence-corrected chi connectivity index (χ2v) is 5.61. The number of aromatic nitrogens is 1. The van der Waals surface area contributed by atoms with E-state index in [-0.39, 0.29) is 5.56 Å². The summed E-state index contributed by atoms with van der Waals surface area (Å²) in [5.74, 6) is -0.879. The van der Waals surface area contributed by atoms with Gasteiger partial charge >= 0.3 is 5.97 Å². The Morgan fingerprint density at radius 1 is 1.29 bits per heavy atom. The smallest absolute Gasteiger partial charge is 0.337 e. The van der Waals surface area contributed by atoms with E-state index < -0.39 is 11.8 Å². The third-order valence-electron chi connectivity index (χ3n) is 3.92. The first-order valence-electron chi connectivity index (χ1n) is 7.58. The van der Waals surface area contributed by atoms with Gasteiger partial charge in [-0.15, -0.1) is 0 Å². The minimum Gasteiger partial charge on any atom is -0.478 e. The zero-order chi connectivity index (χ0) is 15.4. The third-order valence-corrected chi connectivity index (χ3v) is 3.92. The monoisotopic (exact) mass is 291 g/mol. The molecule has 4 heteroatoms. The molecule has 0 fully saturated rings. The molecule has 3 nitrogen and oxygen atoms in total. The topological polar surface area (TPSA) is 42.2 Å². The lowest BCUT2D eigenvalue weighted by atomic mass is 9.98. The SMILES string of the molecule is CCCC(CCC)Cn1cc(C(=O)O)c2cc(F)ccc21. The largest absolute Gasteiger partial charge is 0.478 e. The summed E-state index contributed by atoms with van der Waals surface area (Å²) < 4.78 is 15.4. The molecule has 0 amide bonds. The maximum absolute atomic E-state index is 13.4. The van der Waals surface area contributed by atoms with Crippen molar-refractivity contribution in [2.45, 2.75) is 46.1 Å². The number of carboxylic acids is 1. The number of halogens is 1. The minimum atomic E-state index is -1.01. The zero-order valence-corrected chi connectivity index (χ0v) is 12.6. The van der Waals surface area contributed by atoms with E-state index >= 15 is 0 Å². The fraction of sp³-hybridized carbons (Fsp3) is 0.471. The highest BCUT2D eigenvalue weighted by molar-refractivity contribution is 6.03. The summed E-state index contributed by atoms with van der Waals surface area (Å²) >= 11 is 0. The molecule has 0 aliphatic carbocycles. The molecule has 0 bridgehead atoms. The molecule has 0 saturated heterocycles. The summed E-state index contributed by atoms with van der Waals surface area (Å²) in [4.78, 5) is 11.3. The van der Waals surface area contributed by atoms with Gasteiger partial charge < -0.3 is 9.67 Å². The molecule has 0 radical (unpaired) electrons. The van der Waals surface area contributed by atoms with Crippen LogP contribution >= 0.6 is 0 Å². The molecule has 0 unspecified atom stereocenters. The summed E-state index contributed by atoms with van der Waals surface area (Å²) in [7, 11) is 0. The van der Waals surface area contributed by atoms with Gasteiger partial charge in [0, 0.05) is 23.6 Å². The maximum atomic E-state index is 13.4. The van der Waals surface area contributed by atoms with Crippen LogP contribution in [0.4, 0.5) is 4.39 Å². The van der Waals surface area contributed by atoms with Gasteiger partial charge in [-0.3, -0.25) is 0 Å². The number of benzene rings is 1. The van der Waals surface area contributed by atoms with Crippen molar-refractivity contribution >= 4 is 16.9 Å². The Morgan fingerprint density at radius 3 is 2.52 bits per heavy atom. The number of carbonyl (C=O) groups is 1. The highest BCUT2D eigenvalue weighted by Crippen LogP contribution is 2.25. The van der Waals surface area contributed by atoms with Gasteiger partial charge in [-0.25, -0.2) is 9.18 Å². The van der Waals surface area contributed by atoms with Gasteiger partial charge in [0.15, 0.2) is 0 Å². The molecule has 114 valence electrons. The molecule has 2 aromatic rings. The summed E-state index contributed by atoms with van der Waals surface area (Å²) in [6.07, 6.45) is 6.12. The standard InChI is InChI=1S/C17H22FNO2/c1-3-5-12(6-4-2)10-19-11-15(17(20)21)14-9-13(18)7-8-16(14)19/h7-9,11-12H,3-6,10H2,1-2H3,(H,20,21). The van der Waals surface area contributed by atoms with Crippen LogP contribution in [0.2, 0.25) is 0 Å². The second kappa shape index (κ2) is 6.74. The molecular formula is C17H22FNO2. The minimum absolute atomic E-state index is 0.177. The second-order valence-electron chi connectivity index (χ2n) is 5.61. The Kier molecular flexibility index (Phi) is 4.99. The van der Waals surface area contributed by atoms with Crippen LogP contribution in [0.25, 0.3) is 10.9 Å². The molecule has 1 heterocycles. The Morgan fingerprint density at radius 2 is 1.95 bits per heavy atom. The summed E-state index contributed by atoms with van der Waals surface area (Å²) in [5, 5.41) is 9.77. The average Bonchev–Trinajstić information content (AvgIpc) is 2.77. The maximum Gasteiger partial charge on any atom is 0.337 e. The number of rotatable bonds is 7. The summed E-state index contributed by atoms with van der Waals surface area (Å²) in [6, 6.07) is 4.37. The van der Waals surface area contributed by atoms with Crippen LogP contribution in [-0.2, 0) is 6.54 Å². The number of fused-ring (bicyclic) bond motifs is 1. The van der Waals surface area contributed by atoms with Crippen LogP contribution in [0.1, 0.15) is 49.9 Å². The molecule has 1 aromatic heterocycles. The van der Waals surface area contributed by atoms with E-state index in [4.69, 9.17) is 0 Å². The number of hydrogen-bond donors (Lipinski definition) is 1. The molecular weight excluding hydrogens is 269 g/mol. The van der Waals surface area contributed by atoms with Gasteiger partial charge in [0.1, 0.15) is 5.82 Å². The van der Waals surface area contributed by atoms with E-state index in [1.165, 1.54) is 12.1 Å². The van der Waals surface area contributed by atoms with Crippen molar-refractivity contribution in [2.24, 2.45) is 5.92 Å². The molecule has 0 atom stereocenters. The van der Waals surface area contributed by atoms with E-state index in [9.17, 15) is 14.3 Å². The van der Waals surface area contributed by atoms with E-state index in [0.29, 0.717) is 11.3 Å². The van der Waals surface area contributed by atoms with Gasteiger partial charge in [0.2, 0.25) is 0 Å². The van der Waals surface area contributed by atoms with Crippen LogP contribution in [0.3, 0.4) is 0 Å². The van der Waals surface area contributed by atoms with Crippen molar-refractivity contribution in [1.29, 1.82) is 0 Å². The number of carboxylic acid groups (broad SMARTS) is 1. The van der Waals surface area contributed by atoms with Gasteiger partial charge in [0.05, 0.1) is 5.56 Å². The van der Waals surface area contributed by atoms with E-state index in [1.807, 2.05) is 4.57 Å². The molecule has 0 aliphatic heterocycles. The molecule has 1 aromatic carbocycles. The number of nitrogens with zero attached hydrogens (tertiary/aromatic N) is 1. The van der Waals surface area contributed by atoms with Crippen molar-refractivity contribution in [3.63, 3.8) is 0 Å². The molecule has 2 rings (SSSR count). The molecule has 0 aliphatic rings. The van der Waals surface area contributed by atoms with Gasteiger partial charge in [0.25, 0.3) is 0 Å². The number of aromatic carboxylic acids is 1. The highest BCUT2D eigenvalue weighted by Gasteiger charge is 2.17. The normalized spacial score (nSPS) is 11.4. The molecule has 21 heavy (non-hydrogen) atoms. The lowest BCUT2D eigenvalue weighted by Crippen LogP contribution is -2.10. The Hall–Kier alpha value is -1.84. The Labute approximate surface area is 124 Å². The Bertz CT molecular complexity index is 627. The van der Waals surface area contributed by atoms with Crippen LogP contribution in [0.15, 0.2) is 24.4 Å². The zero-order valence-electron chi connectivity index (χ0n) is 12.6. The van der Waals surface area contributed by atoms with Crippen LogP contribution < -0.4 is 0 Å². The lowest BCUT2D eigenvalue weighted by Gasteiger charge is -2.16. The molecule has 0 saturated carbocycles. The van der Waals surface area contributed by atoms with E-state index in [2.05, 4.69) is 13.8 Å². The predicted molar refractivity (Wildman–Crippen MR) is 82.2 cm³/mol. The van der Waals surface area contributed by atoms with Crippen LogP contribution in [-0.4, -0.2) is 15.6 Å².